The maximum Gasteiger partial charge on any atom is 0.296 e. The lowest BCUT2D eigenvalue weighted by Crippen LogP contribution is -2.05. The largest absolute Gasteiger partial charge is 0.398 e. The third-order valence-corrected chi connectivity index (χ3v) is 5.46. The summed E-state index contributed by atoms with van der Waals surface area (Å²) in [6.45, 7) is 0. The first-order valence-corrected chi connectivity index (χ1v) is 10.6. The van der Waals surface area contributed by atoms with Crippen molar-refractivity contribution in [2.75, 3.05) is 11.5 Å². The van der Waals surface area contributed by atoms with Crippen LogP contribution < -0.4 is 11.5 Å². The Balaban J connectivity index is 0.000000273. The van der Waals surface area contributed by atoms with Gasteiger partial charge in [0.25, 0.3) is 30.4 Å². The fraction of sp³-hybridized carbons (Fsp3) is 0. The molecule has 0 unspecified atom stereocenters. The van der Waals surface area contributed by atoms with E-state index in [9.17, 15) is 25.3 Å². The van der Waals surface area contributed by atoms with E-state index in [1.807, 2.05) is 0 Å². The Morgan fingerprint density at radius 3 is 1.42 bits per heavy atom. The van der Waals surface area contributed by atoms with Crippen LogP contribution in [0.3, 0.4) is 0 Å². The second-order valence-corrected chi connectivity index (χ2v) is 8.86. The molecule has 0 amide bonds. The second kappa shape index (κ2) is 7.56. The molecule has 26 heavy (non-hydrogen) atoms. The van der Waals surface area contributed by atoms with Crippen molar-refractivity contribution in [2.24, 2.45) is 0 Å². The number of hydrogen-bond acceptors (Lipinski definition) is 8. The van der Waals surface area contributed by atoms with E-state index in [0.717, 1.165) is 18.2 Å². The molecule has 0 fully saturated rings. The van der Waals surface area contributed by atoms with Gasteiger partial charge >= 0.3 is 0 Å². The van der Waals surface area contributed by atoms with E-state index < -0.39 is 45.8 Å². The zero-order valence-corrected chi connectivity index (χ0v) is 15.2. The van der Waals surface area contributed by atoms with Gasteiger partial charge in [-0.1, -0.05) is 12.1 Å². The van der Waals surface area contributed by atoms with Gasteiger partial charge in [-0.3, -0.25) is 13.7 Å². The van der Waals surface area contributed by atoms with Gasteiger partial charge in [0.1, 0.15) is 9.79 Å². The number of nitrogen functional groups attached to an aromatic ring is 2. The normalized spacial score (nSPS) is 12.1. The molecule has 0 saturated carbocycles. The predicted molar refractivity (Wildman–Crippen MR) is 91.2 cm³/mol. The summed E-state index contributed by atoms with van der Waals surface area (Å²) in [6, 6.07) is 8.05. The van der Waals surface area contributed by atoms with Crippen molar-refractivity contribution in [1.29, 1.82) is 0 Å². The minimum Gasteiger partial charge on any atom is -0.398 e. The molecule has 0 radical (unpaired) electrons. The van der Waals surface area contributed by atoms with Crippen LogP contribution in [0.5, 0.6) is 0 Å². The zero-order valence-electron chi connectivity index (χ0n) is 12.7. The summed E-state index contributed by atoms with van der Waals surface area (Å²) in [5, 5.41) is 0. The lowest BCUT2D eigenvalue weighted by atomic mass is 10.3. The Labute approximate surface area is 149 Å². The molecule has 0 heterocycles. The smallest absolute Gasteiger partial charge is 0.296 e. The second-order valence-electron chi connectivity index (χ2n) is 4.66. The molecule has 7 N–H and O–H groups in total. The highest BCUT2D eigenvalue weighted by Crippen LogP contribution is 2.21. The van der Waals surface area contributed by atoms with Gasteiger partial charge in [0.15, 0.2) is 0 Å². The van der Waals surface area contributed by atoms with Gasteiger partial charge in [-0.25, -0.2) is 0 Å². The van der Waals surface area contributed by atoms with Gasteiger partial charge in [-0.2, -0.15) is 25.3 Å². The molecule has 2 rings (SSSR count). The number of nitrogens with two attached hydrogens (primary N) is 2. The van der Waals surface area contributed by atoms with Crippen LogP contribution >= 0.6 is 0 Å². The number of para-hydroxylation sites is 1. The van der Waals surface area contributed by atoms with Crippen molar-refractivity contribution in [3.8, 4) is 0 Å². The highest BCUT2D eigenvalue weighted by atomic mass is 32.2. The maximum absolute atomic E-state index is 10.7. The van der Waals surface area contributed by atoms with Crippen molar-refractivity contribution < 1.29 is 38.9 Å². The Kier molecular flexibility index (Phi) is 6.35. The molecule has 0 aromatic heterocycles. The molecular weight excluding hydrogens is 412 g/mol. The lowest BCUT2D eigenvalue weighted by molar-refractivity contribution is 0.479. The van der Waals surface area contributed by atoms with Crippen LogP contribution in [0.1, 0.15) is 0 Å². The van der Waals surface area contributed by atoms with Crippen LogP contribution in [0.25, 0.3) is 0 Å². The molecule has 11 nitrogen and oxygen atoms in total. The van der Waals surface area contributed by atoms with Crippen LogP contribution in [0.15, 0.2) is 57.2 Å². The summed E-state index contributed by atoms with van der Waals surface area (Å²) in [6.07, 6.45) is 0. The number of rotatable bonds is 3. The van der Waals surface area contributed by atoms with E-state index in [4.69, 9.17) is 25.1 Å². The monoisotopic (exact) mass is 426 g/mol. The van der Waals surface area contributed by atoms with Crippen LogP contribution in [0.2, 0.25) is 0 Å². The van der Waals surface area contributed by atoms with E-state index in [1.165, 1.54) is 18.2 Å². The van der Waals surface area contributed by atoms with Crippen molar-refractivity contribution in [1.82, 2.24) is 0 Å². The van der Waals surface area contributed by atoms with Crippen molar-refractivity contribution in [3.63, 3.8) is 0 Å². The minimum atomic E-state index is -4.50. The van der Waals surface area contributed by atoms with Crippen molar-refractivity contribution in [3.05, 3.63) is 42.5 Å². The summed E-state index contributed by atoms with van der Waals surface area (Å²) in [4.78, 5) is -1.41. The van der Waals surface area contributed by atoms with E-state index in [0.29, 0.717) is 0 Å². The van der Waals surface area contributed by atoms with E-state index >= 15 is 0 Å². The highest BCUT2D eigenvalue weighted by molar-refractivity contribution is 7.86. The fourth-order valence-corrected chi connectivity index (χ4v) is 3.37. The van der Waals surface area contributed by atoms with Gasteiger partial charge in [0.2, 0.25) is 0 Å². The Bertz CT molecular complexity index is 1120. The third kappa shape index (κ3) is 5.94. The molecule has 2 aromatic rings. The standard InChI is InChI=1S/C6H7NO6S2.C6H7NO3S/c7-5-3-4(14(8,9)10)1-2-6(5)15(11,12)13;7-5-3-1-2-4-6(5)11(8,9)10/h1-3H,7H2,(H,8,9,10)(H,11,12,13);1-4H,7H2,(H,8,9,10). The summed E-state index contributed by atoms with van der Waals surface area (Å²) in [5.74, 6) is 0. The molecule has 0 aliphatic rings. The topological polar surface area (TPSA) is 215 Å². The van der Waals surface area contributed by atoms with Gasteiger partial charge < -0.3 is 11.5 Å². The highest BCUT2D eigenvalue weighted by Gasteiger charge is 2.17. The van der Waals surface area contributed by atoms with E-state index in [1.54, 1.807) is 6.07 Å². The Morgan fingerprint density at radius 1 is 0.615 bits per heavy atom. The molecule has 0 aliphatic heterocycles. The molecular formula is C12H14N2O9S3. The lowest BCUT2D eigenvalue weighted by Gasteiger charge is -2.03. The Morgan fingerprint density at radius 2 is 1.08 bits per heavy atom. The summed E-state index contributed by atoms with van der Waals surface area (Å²) < 4.78 is 89.5. The molecule has 2 aromatic carbocycles. The van der Waals surface area contributed by atoms with Gasteiger partial charge in [0, 0.05) is 0 Å². The molecule has 0 saturated heterocycles. The van der Waals surface area contributed by atoms with Crippen LogP contribution in [-0.2, 0) is 30.4 Å². The fourth-order valence-electron chi connectivity index (χ4n) is 1.64. The molecule has 0 bridgehead atoms. The summed E-state index contributed by atoms with van der Waals surface area (Å²) in [5.41, 5.74) is 10.0. The molecule has 0 aliphatic carbocycles. The van der Waals surface area contributed by atoms with Gasteiger partial charge in [-0.15, -0.1) is 0 Å². The molecule has 14 heteroatoms. The number of hydrogen-bond donors (Lipinski definition) is 5. The quantitative estimate of drug-likeness (QED) is 0.331. The van der Waals surface area contributed by atoms with Crippen LogP contribution in [-0.4, -0.2) is 38.9 Å². The predicted octanol–water partition coefficient (Wildman–Crippen LogP) is 0.278. The van der Waals surface area contributed by atoms with Crippen LogP contribution in [0, 0.1) is 0 Å². The SMILES string of the molecule is Nc1cc(S(=O)(=O)O)ccc1S(=O)(=O)O.Nc1ccccc1S(=O)(=O)O. The summed E-state index contributed by atoms with van der Waals surface area (Å²) >= 11 is 0. The van der Waals surface area contributed by atoms with E-state index in [-0.39, 0.29) is 10.6 Å². The first kappa shape index (κ1) is 21.8. The molecule has 0 atom stereocenters. The number of benzene rings is 2. The zero-order chi connectivity index (χ0) is 20.3. The number of anilines is 2. The summed E-state index contributed by atoms with van der Waals surface area (Å²) in [7, 11) is -13.1. The molecule has 0 spiro atoms. The van der Waals surface area contributed by atoms with Crippen molar-refractivity contribution in [2.45, 2.75) is 14.7 Å². The average Bonchev–Trinajstić information content (AvgIpc) is 2.44. The molecule has 144 valence electrons. The average molecular weight is 426 g/mol. The maximum atomic E-state index is 10.7. The first-order valence-electron chi connectivity index (χ1n) is 6.30. The first-order chi connectivity index (χ1) is 11.6. The van der Waals surface area contributed by atoms with Gasteiger partial charge in [0.05, 0.1) is 16.3 Å². The van der Waals surface area contributed by atoms with E-state index in [2.05, 4.69) is 0 Å². The minimum absolute atomic E-state index is 0.0509. The van der Waals surface area contributed by atoms with Crippen LogP contribution in [0.4, 0.5) is 11.4 Å². The van der Waals surface area contributed by atoms with Crippen molar-refractivity contribution >= 4 is 41.7 Å². The van der Waals surface area contributed by atoms with Gasteiger partial charge in [-0.05, 0) is 30.3 Å². The Hall–Kier alpha value is -2.23. The third-order valence-electron chi connectivity index (χ3n) is 2.75.